The molecule has 11 nitrogen and oxygen atoms in total. The van der Waals surface area contributed by atoms with Gasteiger partial charge in [0, 0.05) is 19.2 Å². The van der Waals surface area contributed by atoms with Gasteiger partial charge in [0.25, 0.3) is 0 Å². The highest BCUT2D eigenvalue weighted by Gasteiger charge is 2.28. The number of amides is 1. The molecule has 0 spiro atoms. The van der Waals surface area contributed by atoms with Crippen LogP contribution >= 0.6 is 0 Å². The molecule has 1 saturated heterocycles. The van der Waals surface area contributed by atoms with E-state index >= 15 is 0 Å². The van der Waals surface area contributed by atoms with Crippen molar-refractivity contribution < 1.29 is 35.8 Å². The molecule has 1 N–H and O–H groups in total. The molecular formula is C22H29N3O8S2. The summed E-state index contributed by atoms with van der Waals surface area (Å²) in [5, 5.41) is 2.58. The quantitative estimate of drug-likeness (QED) is 0.492. The van der Waals surface area contributed by atoms with Crippen LogP contribution in [0.5, 0.6) is 11.5 Å². The standard InChI is InChI=1S/C22H29N3O8S2/c1-4-33-18-7-5-6-17(14-18)25(34(3,27)28)16-22(26)23-20-15-19(8-9-21(20)31-2)35(29,30)24-10-12-32-13-11-24/h5-9,14-15H,4,10-13,16H2,1-3H3,(H,23,26). The molecule has 35 heavy (non-hydrogen) atoms. The van der Waals surface area contributed by atoms with Crippen LogP contribution in [0, 0.1) is 0 Å². The van der Waals surface area contributed by atoms with Crippen molar-refractivity contribution in [2.24, 2.45) is 0 Å². The SMILES string of the molecule is CCOc1cccc(N(CC(=O)Nc2cc(S(=O)(=O)N3CCOCC3)ccc2OC)S(C)(=O)=O)c1. The Kier molecular flexibility index (Phi) is 8.59. The highest BCUT2D eigenvalue weighted by atomic mass is 32.2. The van der Waals surface area contributed by atoms with Crippen molar-refractivity contribution in [3.63, 3.8) is 0 Å². The Morgan fingerprint density at radius 2 is 1.83 bits per heavy atom. The average Bonchev–Trinajstić information content (AvgIpc) is 2.82. The molecule has 0 atom stereocenters. The normalized spacial score (nSPS) is 14.8. The molecule has 0 saturated carbocycles. The molecule has 13 heteroatoms. The largest absolute Gasteiger partial charge is 0.495 e. The summed E-state index contributed by atoms with van der Waals surface area (Å²) in [5.74, 6) is 0.00160. The molecule has 1 amide bonds. The first-order valence-corrected chi connectivity index (χ1v) is 14.1. The van der Waals surface area contributed by atoms with Crippen molar-refractivity contribution >= 4 is 37.3 Å². The molecule has 0 bridgehead atoms. The van der Waals surface area contributed by atoms with E-state index in [1.54, 1.807) is 25.1 Å². The molecule has 2 aromatic rings. The molecule has 2 aromatic carbocycles. The highest BCUT2D eigenvalue weighted by molar-refractivity contribution is 7.92. The fourth-order valence-electron chi connectivity index (χ4n) is 3.50. The summed E-state index contributed by atoms with van der Waals surface area (Å²) in [7, 11) is -6.27. The number of ether oxygens (including phenoxy) is 3. The maximum Gasteiger partial charge on any atom is 0.245 e. The number of morpholine rings is 1. The zero-order valence-corrected chi connectivity index (χ0v) is 21.4. The summed E-state index contributed by atoms with van der Waals surface area (Å²) in [4.78, 5) is 12.9. The number of methoxy groups -OCH3 is 1. The average molecular weight is 528 g/mol. The summed E-state index contributed by atoms with van der Waals surface area (Å²) in [6.45, 7) is 2.69. The Bertz CT molecular complexity index is 1260. The topological polar surface area (TPSA) is 132 Å². The first-order valence-electron chi connectivity index (χ1n) is 10.8. The van der Waals surface area contributed by atoms with Crippen LogP contribution in [-0.2, 0) is 29.6 Å². The predicted octanol–water partition coefficient (Wildman–Crippen LogP) is 1.52. The summed E-state index contributed by atoms with van der Waals surface area (Å²) >= 11 is 0. The smallest absolute Gasteiger partial charge is 0.245 e. The van der Waals surface area contributed by atoms with Gasteiger partial charge in [-0.1, -0.05) is 6.07 Å². The lowest BCUT2D eigenvalue weighted by Crippen LogP contribution is -2.40. The van der Waals surface area contributed by atoms with Gasteiger partial charge in [-0.25, -0.2) is 16.8 Å². The van der Waals surface area contributed by atoms with Crippen LogP contribution in [-0.4, -0.2) is 79.9 Å². The third-order valence-electron chi connectivity index (χ3n) is 5.16. The minimum atomic E-state index is -3.83. The van der Waals surface area contributed by atoms with Gasteiger partial charge in [0.15, 0.2) is 0 Å². The molecule has 1 heterocycles. The second-order valence-corrected chi connectivity index (χ2v) is 11.5. The van der Waals surface area contributed by atoms with E-state index in [-0.39, 0.29) is 35.1 Å². The minimum Gasteiger partial charge on any atom is -0.495 e. The van der Waals surface area contributed by atoms with Gasteiger partial charge in [0.1, 0.15) is 18.0 Å². The summed E-state index contributed by atoms with van der Waals surface area (Å²) in [6.07, 6.45) is 0.990. The number of nitrogens with one attached hydrogen (secondary N) is 1. The van der Waals surface area contributed by atoms with E-state index in [9.17, 15) is 21.6 Å². The van der Waals surface area contributed by atoms with Gasteiger partial charge in [-0.2, -0.15) is 4.31 Å². The molecule has 0 aliphatic carbocycles. The third-order valence-corrected chi connectivity index (χ3v) is 8.19. The third kappa shape index (κ3) is 6.63. The molecule has 1 aliphatic heterocycles. The highest BCUT2D eigenvalue weighted by Crippen LogP contribution is 2.30. The van der Waals surface area contributed by atoms with Crippen LogP contribution in [0.2, 0.25) is 0 Å². The van der Waals surface area contributed by atoms with Crippen LogP contribution in [0.25, 0.3) is 0 Å². The van der Waals surface area contributed by atoms with Gasteiger partial charge >= 0.3 is 0 Å². The van der Waals surface area contributed by atoms with Crippen molar-refractivity contribution in [2.75, 3.05) is 62.4 Å². The lowest BCUT2D eigenvalue weighted by atomic mass is 10.2. The first-order chi connectivity index (χ1) is 16.6. The number of anilines is 2. The molecule has 1 fully saturated rings. The van der Waals surface area contributed by atoms with E-state index in [1.807, 2.05) is 0 Å². The fourth-order valence-corrected chi connectivity index (χ4v) is 5.78. The number of sulfonamides is 2. The Balaban J connectivity index is 1.86. The van der Waals surface area contributed by atoms with E-state index in [4.69, 9.17) is 14.2 Å². The summed E-state index contributed by atoms with van der Waals surface area (Å²) in [5.41, 5.74) is 0.354. The second-order valence-electron chi connectivity index (χ2n) is 7.63. The predicted molar refractivity (Wildman–Crippen MR) is 131 cm³/mol. The van der Waals surface area contributed by atoms with E-state index in [0.29, 0.717) is 25.6 Å². The maximum absolute atomic E-state index is 13.0. The van der Waals surface area contributed by atoms with Gasteiger partial charge in [0.2, 0.25) is 26.0 Å². The van der Waals surface area contributed by atoms with Crippen molar-refractivity contribution in [1.29, 1.82) is 0 Å². The summed E-state index contributed by atoms with van der Waals surface area (Å²) in [6, 6.07) is 10.5. The number of rotatable bonds is 10. The van der Waals surface area contributed by atoms with Crippen molar-refractivity contribution in [1.82, 2.24) is 4.31 Å². The lowest BCUT2D eigenvalue weighted by molar-refractivity contribution is -0.114. The minimum absolute atomic E-state index is 0.0279. The van der Waals surface area contributed by atoms with Crippen LogP contribution in [0.15, 0.2) is 47.4 Å². The lowest BCUT2D eigenvalue weighted by Gasteiger charge is -2.26. The molecule has 1 aliphatic rings. The second kappa shape index (κ2) is 11.2. The van der Waals surface area contributed by atoms with Gasteiger partial charge < -0.3 is 19.5 Å². The van der Waals surface area contributed by atoms with Gasteiger partial charge in [0.05, 0.1) is 49.5 Å². The van der Waals surface area contributed by atoms with Gasteiger partial charge in [-0.3, -0.25) is 9.10 Å². The van der Waals surface area contributed by atoms with Crippen LogP contribution in [0.1, 0.15) is 6.92 Å². The van der Waals surface area contributed by atoms with Crippen LogP contribution < -0.4 is 19.1 Å². The molecule has 0 unspecified atom stereocenters. The number of carbonyl (C=O) groups is 1. The monoisotopic (exact) mass is 527 g/mol. The summed E-state index contributed by atoms with van der Waals surface area (Å²) < 4.78 is 69.1. The van der Waals surface area contributed by atoms with E-state index in [2.05, 4.69) is 5.32 Å². The fraction of sp³-hybridized carbons (Fsp3) is 0.409. The molecule has 0 radical (unpaired) electrons. The van der Waals surface area contributed by atoms with E-state index in [0.717, 1.165) is 10.6 Å². The molecule has 3 rings (SSSR count). The Hall–Kier alpha value is -2.87. The van der Waals surface area contributed by atoms with Crippen molar-refractivity contribution in [3.8, 4) is 11.5 Å². The number of nitrogens with zero attached hydrogens (tertiary/aromatic N) is 2. The number of hydrogen-bond acceptors (Lipinski definition) is 8. The van der Waals surface area contributed by atoms with E-state index < -0.39 is 32.5 Å². The van der Waals surface area contributed by atoms with Crippen LogP contribution in [0.3, 0.4) is 0 Å². The van der Waals surface area contributed by atoms with E-state index in [1.165, 1.54) is 35.7 Å². The van der Waals surface area contributed by atoms with Crippen molar-refractivity contribution in [2.45, 2.75) is 11.8 Å². The number of benzene rings is 2. The Labute approximate surface area is 205 Å². The Morgan fingerprint density at radius 3 is 2.46 bits per heavy atom. The van der Waals surface area contributed by atoms with Crippen LogP contribution in [0.4, 0.5) is 11.4 Å². The first kappa shape index (κ1) is 26.7. The zero-order chi connectivity index (χ0) is 25.6. The molecule has 0 aromatic heterocycles. The molecule has 192 valence electrons. The Morgan fingerprint density at radius 1 is 1.11 bits per heavy atom. The zero-order valence-electron chi connectivity index (χ0n) is 19.8. The van der Waals surface area contributed by atoms with Gasteiger partial charge in [-0.15, -0.1) is 0 Å². The van der Waals surface area contributed by atoms with Crippen molar-refractivity contribution in [3.05, 3.63) is 42.5 Å². The van der Waals surface area contributed by atoms with Gasteiger partial charge in [-0.05, 0) is 37.3 Å². The number of carbonyl (C=O) groups excluding carboxylic acids is 1. The maximum atomic E-state index is 13.0. The molecular weight excluding hydrogens is 498 g/mol. The number of hydrogen-bond donors (Lipinski definition) is 1.